The third-order valence-electron chi connectivity index (χ3n) is 6.02. The van der Waals surface area contributed by atoms with E-state index in [1.54, 1.807) is 6.07 Å². The minimum absolute atomic E-state index is 0.00731. The Morgan fingerprint density at radius 3 is 2.16 bits per heavy atom. The van der Waals surface area contributed by atoms with E-state index in [1.165, 1.54) is 24.0 Å². The van der Waals surface area contributed by atoms with Crippen LogP contribution in [0.25, 0.3) is 0 Å². The first-order valence-electron chi connectivity index (χ1n) is 12.0. The number of amides is 2. The lowest BCUT2D eigenvalue weighted by molar-refractivity contribution is -0.137. The number of benzene rings is 3. The van der Waals surface area contributed by atoms with Crippen LogP contribution >= 0.6 is 11.6 Å². The smallest absolute Gasteiger partial charge is 0.334 e. The quantitative estimate of drug-likeness (QED) is 0.308. The average Bonchev–Trinajstić information content (AvgIpc) is 2.83. The van der Waals surface area contributed by atoms with Crippen LogP contribution in [-0.4, -0.2) is 23.3 Å². The molecule has 4 nitrogen and oxygen atoms in total. The van der Waals surface area contributed by atoms with Gasteiger partial charge in [0.2, 0.25) is 5.91 Å². The van der Waals surface area contributed by atoms with Crippen molar-refractivity contribution in [2.24, 2.45) is 0 Å². The number of carbonyl (C=O) groups excluding carboxylic acids is 2. The van der Waals surface area contributed by atoms with E-state index in [4.69, 9.17) is 11.6 Å². The monoisotopic (exact) mass is 548 g/mol. The number of rotatable bonds is 7. The summed E-state index contributed by atoms with van der Waals surface area (Å²) in [4.78, 5) is 26.8. The number of anilines is 1. The summed E-state index contributed by atoms with van der Waals surface area (Å²) >= 11 is 6.19. The van der Waals surface area contributed by atoms with Crippen molar-refractivity contribution in [2.75, 3.05) is 11.9 Å². The van der Waals surface area contributed by atoms with Crippen molar-refractivity contribution in [2.45, 2.75) is 52.3 Å². The molecule has 0 aliphatic heterocycles. The molecule has 0 saturated heterocycles. The zero-order valence-corrected chi connectivity index (χ0v) is 22.3. The SMILES string of the molecule is CC(=O)Nc1c(Cl)ccc(F)c1C(=O)N(CCc1cccc(C(F)(F)F)c1)Cc1ccc(C(C)(C)C)cc1. The van der Waals surface area contributed by atoms with Crippen molar-refractivity contribution in [3.05, 3.63) is 99.3 Å². The van der Waals surface area contributed by atoms with E-state index in [0.717, 1.165) is 29.3 Å². The summed E-state index contributed by atoms with van der Waals surface area (Å²) in [6.45, 7) is 7.47. The summed E-state index contributed by atoms with van der Waals surface area (Å²) in [6, 6.07) is 14.7. The molecule has 202 valence electrons. The molecule has 0 aromatic heterocycles. The van der Waals surface area contributed by atoms with E-state index in [1.807, 2.05) is 24.3 Å². The number of hydrogen-bond acceptors (Lipinski definition) is 2. The van der Waals surface area contributed by atoms with Gasteiger partial charge >= 0.3 is 6.18 Å². The lowest BCUT2D eigenvalue weighted by atomic mass is 9.87. The highest BCUT2D eigenvalue weighted by atomic mass is 35.5. The van der Waals surface area contributed by atoms with E-state index < -0.39 is 34.9 Å². The molecule has 1 N–H and O–H groups in total. The van der Waals surface area contributed by atoms with Gasteiger partial charge in [0.1, 0.15) is 11.4 Å². The molecule has 0 fully saturated rings. The predicted octanol–water partition coefficient (Wildman–Crippen LogP) is 7.64. The summed E-state index contributed by atoms with van der Waals surface area (Å²) in [6.07, 6.45) is -4.41. The second-order valence-corrected chi connectivity index (χ2v) is 10.5. The average molecular weight is 549 g/mol. The van der Waals surface area contributed by atoms with Crippen molar-refractivity contribution in [3.63, 3.8) is 0 Å². The first kappa shape index (κ1) is 29.2. The summed E-state index contributed by atoms with van der Waals surface area (Å²) in [5.41, 5.74) is 0.748. The van der Waals surface area contributed by atoms with E-state index in [9.17, 15) is 27.2 Å². The van der Waals surface area contributed by atoms with Gasteiger partial charge in [0.15, 0.2) is 0 Å². The molecule has 38 heavy (non-hydrogen) atoms. The number of hydrogen-bond donors (Lipinski definition) is 1. The zero-order chi connectivity index (χ0) is 28.3. The number of nitrogens with zero attached hydrogens (tertiary/aromatic N) is 1. The molecule has 9 heteroatoms. The summed E-state index contributed by atoms with van der Waals surface area (Å²) < 4.78 is 54.6. The molecule has 0 radical (unpaired) electrons. The van der Waals surface area contributed by atoms with Gasteiger partial charge in [0, 0.05) is 20.0 Å². The van der Waals surface area contributed by atoms with Gasteiger partial charge in [-0.3, -0.25) is 9.59 Å². The standard InChI is InChI=1S/C29H29ClF4N2O2/c1-18(37)35-26-23(30)12-13-24(31)25(26)27(38)36(17-20-8-10-21(11-9-20)28(2,3)4)15-14-19-6-5-7-22(16-19)29(32,33)34/h5-13,16H,14-15,17H2,1-4H3,(H,35,37). The van der Waals surface area contributed by atoms with Crippen LogP contribution in [0.15, 0.2) is 60.7 Å². The number of halogens is 5. The van der Waals surface area contributed by atoms with Crippen molar-refractivity contribution in [3.8, 4) is 0 Å². The van der Waals surface area contributed by atoms with Crippen LogP contribution in [0.1, 0.15) is 60.3 Å². The second kappa shape index (κ2) is 11.6. The highest BCUT2D eigenvalue weighted by Crippen LogP contribution is 2.32. The van der Waals surface area contributed by atoms with Crippen molar-refractivity contribution >= 4 is 29.1 Å². The third kappa shape index (κ3) is 7.34. The van der Waals surface area contributed by atoms with Gasteiger partial charge in [-0.1, -0.05) is 74.8 Å². The second-order valence-electron chi connectivity index (χ2n) is 10.1. The van der Waals surface area contributed by atoms with Gasteiger partial charge in [-0.2, -0.15) is 13.2 Å². The Kier molecular flexibility index (Phi) is 8.87. The van der Waals surface area contributed by atoms with E-state index in [-0.39, 0.29) is 35.6 Å². The zero-order valence-electron chi connectivity index (χ0n) is 21.5. The molecule has 3 aromatic rings. The molecule has 0 aliphatic carbocycles. The number of nitrogens with one attached hydrogen (secondary N) is 1. The number of alkyl halides is 3. The topological polar surface area (TPSA) is 49.4 Å². The fourth-order valence-electron chi connectivity index (χ4n) is 3.97. The van der Waals surface area contributed by atoms with E-state index >= 15 is 0 Å². The summed E-state index contributed by atoms with van der Waals surface area (Å²) in [7, 11) is 0. The number of carbonyl (C=O) groups is 2. The Morgan fingerprint density at radius 2 is 1.58 bits per heavy atom. The van der Waals surface area contributed by atoms with E-state index in [2.05, 4.69) is 26.1 Å². The van der Waals surface area contributed by atoms with Crippen LogP contribution in [0.2, 0.25) is 5.02 Å². The Bertz CT molecular complexity index is 1320. The Labute approximate surface area is 224 Å². The fraction of sp³-hybridized carbons (Fsp3) is 0.310. The minimum Gasteiger partial charge on any atom is -0.334 e. The molecule has 0 aliphatic rings. The molecule has 0 bridgehead atoms. The largest absolute Gasteiger partial charge is 0.416 e. The highest BCUT2D eigenvalue weighted by Gasteiger charge is 2.30. The van der Waals surface area contributed by atoms with Crippen LogP contribution in [0, 0.1) is 5.82 Å². The molecule has 0 heterocycles. The molecule has 2 amide bonds. The molecule has 3 rings (SSSR count). The van der Waals surface area contributed by atoms with Gasteiger partial charge in [0.05, 0.1) is 16.3 Å². The third-order valence-corrected chi connectivity index (χ3v) is 6.34. The molecular formula is C29H29ClF4N2O2. The lowest BCUT2D eigenvalue weighted by Crippen LogP contribution is -2.34. The van der Waals surface area contributed by atoms with Crippen molar-refractivity contribution < 1.29 is 27.2 Å². The Hall–Kier alpha value is -3.39. The maximum absolute atomic E-state index is 15.0. The normalized spacial score (nSPS) is 11.8. The molecule has 0 unspecified atom stereocenters. The molecule has 0 saturated carbocycles. The van der Waals surface area contributed by atoms with Gasteiger partial charge in [-0.25, -0.2) is 4.39 Å². The molecule has 0 spiro atoms. The maximum atomic E-state index is 15.0. The van der Waals surface area contributed by atoms with Crippen LogP contribution in [0.5, 0.6) is 0 Å². The van der Waals surface area contributed by atoms with Gasteiger partial charge < -0.3 is 10.2 Å². The Morgan fingerprint density at radius 1 is 0.921 bits per heavy atom. The van der Waals surface area contributed by atoms with Gasteiger partial charge in [0.25, 0.3) is 5.91 Å². The van der Waals surface area contributed by atoms with Crippen LogP contribution in [0.4, 0.5) is 23.2 Å². The highest BCUT2D eigenvalue weighted by molar-refractivity contribution is 6.34. The first-order chi connectivity index (χ1) is 17.7. The van der Waals surface area contributed by atoms with Crippen molar-refractivity contribution in [1.82, 2.24) is 4.90 Å². The maximum Gasteiger partial charge on any atom is 0.416 e. The van der Waals surface area contributed by atoms with Gasteiger partial charge in [-0.05, 0) is 46.7 Å². The Balaban J connectivity index is 1.98. The molecule has 3 aromatic carbocycles. The van der Waals surface area contributed by atoms with Crippen LogP contribution in [0.3, 0.4) is 0 Å². The summed E-state index contributed by atoms with van der Waals surface area (Å²) in [5, 5.41) is 2.40. The predicted molar refractivity (Wildman–Crippen MR) is 141 cm³/mol. The first-order valence-corrected chi connectivity index (χ1v) is 12.3. The molecule has 0 atom stereocenters. The van der Waals surface area contributed by atoms with Crippen LogP contribution < -0.4 is 5.32 Å². The van der Waals surface area contributed by atoms with Crippen molar-refractivity contribution in [1.29, 1.82) is 0 Å². The fourth-order valence-corrected chi connectivity index (χ4v) is 4.17. The molecular weight excluding hydrogens is 520 g/mol. The minimum atomic E-state index is -4.50. The van der Waals surface area contributed by atoms with E-state index in [0.29, 0.717) is 5.56 Å². The van der Waals surface area contributed by atoms with Crippen LogP contribution in [-0.2, 0) is 29.4 Å². The lowest BCUT2D eigenvalue weighted by Gasteiger charge is -2.26. The van der Waals surface area contributed by atoms with Gasteiger partial charge in [-0.15, -0.1) is 0 Å². The summed E-state index contributed by atoms with van der Waals surface area (Å²) in [5.74, 6) is -2.17.